The van der Waals surface area contributed by atoms with Crippen molar-refractivity contribution < 1.29 is 4.74 Å². The zero-order valence-electron chi connectivity index (χ0n) is 15.2. The van der Waals surface area contributed by atoms with Crippen LogP contribution in [0, 0.1) is 0 Å². The van der Waals surface area contributed by atoms with Crippen LogP contribution in [0.25, 0.3) is 22.2 Å². The molecule has 0 amide bonds. The molecule has 138 valence electrons. The third-order valence-corrected chi connectivity index (χ3v) is 5.10. The van der Waals surface area contributed by atoms with Gasteiger partial charge in [-0.05, 0) is 13.3 Å². The minimum absolute atomic E-state index is 0.142. The molecule has 1 atom stereocenters. The molecule has 3 aromatic heterocycles. The zero-order valence-corrected chi connectivity index (χ0v) is 15.2. The zero-order chi connectivity index (χ0) is 18.4. The molecule has 4 rings (SSSR count). The van der Waals surface area contributed by atoms with Gasteiger partial charge in [0.15, 0.2) is 5.82 Å². The predicted octanol–water partition coefficient (Wildman–Crippen LogP) is 0.952. The van der Waals surface area contributed by atoms with Crippen LogP contribution in [-0.2, 0) is 18.3 Å². The summed E-state index contributed by atoms with van der Waals surface area (Å²) in [6.45, 7) is 4.24. The van der Waals surface area contributed by atoms with E-state index in [4.69, 9.17) is 10.5 Å². The predicted molar refractivity (Wildman–Crippen MR) is 100 cm³/mol. The van der Waals surface area contributed by atoms with E-state index in [1.54, 1.807) is 11.7 Å². The summed E-state index contributed by atoms with van der Waals surface area (Å²) in [4.78, 5) is 14.8. The minimum atomic E-state index is -0.142. The number of H-pyrrole nitrogens is 1. The van der Waals surface area contributed by atoms with Gasteiger partial charge in [-0.25, -0.2) is 0 Å². The highest BCUT2D eigenvalue weighted by Gasteiger charge is 2.26. The first kappa shape index (κ1) is 16.6. The molecule has 26 heavy (non-hydrogen) atoms. The summed E-state index contributed by atoms with van der Waals surface area (Å²) < 4.78 is 8.96. The Morgan fingerprint density at radius 1 is 1.46 bits per heavy atom. The van der Waals surface area contributed by atoms with Crippen LogP contribution in [-0.4, -0.2) is 50.8 Å². The molecule has 3 N–H and O–H groups in total. The molecule has 9 heteroatoms. The molecule has 0 radical (unpaired) electrons. The maximum Gasteiger partial charge on any atom is 0.263 e. The largest absolute Gasteiger partial charge is 0.382 e. The Bertz CT molecular complexity index is 1020. The summed E-state index contributed by atoms with van der Waals surface area (Å²) in [7, 11) is 3.67. The number of rotatable bonds is 4. The van der Waals surface area contributed by atoms with Gasteiger partial charge in [-0.1, -0.05) is 0 Å². The summed E-state index contributed by atoms with van der Waals surface area (Å²) in [5, 5.41) is 12.0. The molecule has 1 fully saturated rings. The number of fused-ring (bicyclic) bond motifs is 1. The van der Waals surface area contributed by atoms with Gasteiger partial charge in [0.25, 0.3) is 5.56 Å². The number of anilines is 2. The number of hydrogen-bond donors (Lipinski definition) is 2. The minimum Gasteiger partial charge on any atom is -0.382 e. The van der Waals surface area contributed by atoms with Gasteiger partial charge in [-0.15, -0.1) is 0 Å². The van der Waals surface area contributed by atoms with Crippen molar-refractivity contribution in [3.05, 3.63) is 22.6 Å². The van der Waals surface area contributed by atoms with Crippen LogP contribution in [0.2, 0.25) is 0 Å². The Balaban J connectivity index is 1.83. The van der Waals surface area contributed by atoms with Crippen molar-refractivity contribution in [1.82, 2.24) is 24.5 Å². The SMILES string of the molecule is CCn1cc(-c2cc(N3CCC(OC)C3)n(C)n2)c2[nH]nc(N)c2c1=O. The molecule has 1 unspecified atom stereocenters. The molecular weight excluding hydrogens is 334 g/mol. The number of pyridine rings is 1. The van der Waals surface area contributed by atoms with Crippen LogP contribution in [0.5, 0.6) is 0 Å². The Kier molecular flexibility index (Phi) is 3.95. The first-order valence-electron chi connectivity index (χ1n) is 8.72. The van der Waals surface area contributed by atoms with Crippen molar-refractivity contribution >= 4 is 22.5 Å². The first-order chi connectivity index (χ1) is 12.5. The fraction of sp³-hybridized carbons (Fsp3) is 0.471. The van der Waals surface area contributed by atoms with Crippen LogP contribution in [0.1, 0.15) is 13.3 Å². The molecule has 1 saturated heterocycles. The van der Waals surface area contributed by atoms with Gasteiger partial charge in [-0.3, -0.25) is 14.6 Å². The number of aromatic nitrogens is 5. The monoisotopic (exact) mass is 357 g/mol. The topological polar surface area (TPSA) is 107 Å². The highest BCUT2D eigenvalue weighted by atomic mass is 16.5. The normalized spacial score (nSPS) is 17.5. The number of ether oxygens (including phenoxy) is 1. The van der Waals surface area contributed by atoms with E-state index in [9.17, 15) is 4.79 Å². The van der Waals surface area contributed by atoms with Crippen molar-refractivity contribution in [2.24, 2.45) is 7.05 Å². The molecule has 3 aromatic rings. The van der Waals surface area contributed by atoms with Gasteiger partial charge in [0.05, 0.1) is 17.3 Å². The lowest BCUT2D eigenvalue weighted by Crippen LogP contribution is -2.24. The smallest absolute Gasteiger partial charge is 0.263 e. The lowest BCUT2D eigenvalue weighted by Gasteiger charge is -2.17. The maximum atomic E-state index is 12.6. The number of aryl methyl sites for hydroxylation is 2. The lowest BCUT2D eigenvalue weighted by atomic mass is 10.1. The fourth-order valence-corrected chi connectivity index (χ4v) is 3.63. The van der Waals surface area contributed by atoms with Crippen molar-refractivity contribution in [3.8, 4) is 11.3 Å². The lowest BCUT2D eigenvalue weighted by molar-refractivity contribution is 0.121. The number of nitrogens with two attached hydrogens (primary N) is 1. The van der Waals surface area contributed by atoms with E-state index in [0.29, 0.717) is 17.4 Å². The Hall–Kier alpha value is -2.81. The molecule has 0 saturated carbocycles. The number of hydrogen-bond acceptors (Lipinski definition) is 6. The van der Waals surface area contributed by atoms with Crippen LogP contribution >= 0.6 is 0 Å². The van der Waals surface area contributed by atoms with E-state index in [-0.39, 0.29) is 17.5 Å². The van der Waals surface area contributed by atoms with Crippen molar-refractivity contribution in [2.45, 2.75) is 26.0 Å². The van der Waals surface area contributed by atoms with E-state index in [2.05, 4.69) is 20.2 Å². The van der Waals surface area contributed by atoms with Crippen LogP contribution in [0.15, 0.2) is 17.1 Å². The number of nitrogens with zero attached hydrogens (tertiary/aromatic N) is 5. The molecule has 0 bridgehead atoms. The van der Waals surface area contributed by atoms with Crippen LogP contribution in [0.3, 0.4) is 0 Å². The van der Waals surface area contributed by atoms with E-state index >= 15 is 0 Å². The van der Waals surface area contributed by atoms with Crippen LogP contribution in [0.4, 0.5) is 11.6 Å². The van der Waals surface area contributed by atoms with Gasteiger partial charge >= 0.3 is 0 Å². The highest BCUT2D eigenvalue weighted by molar-refractivity contribution is 5.97. The summed E-state index contributed by atoms with van der Waals surface area (Å²) in [5.41, 5.74) is 7.98. The molecule has 4 heterocycles. The first-order valence-corrected chi connectivity index (χ1v) is 8.72. The number of aromatic amines is 1. The van der Waals surface area contributed by atoms with Gasteiger partial charge in [0, 0.05) is 51.6 Å². The molecule has 1 aliphatic heterocycles. The number of nitrogens with one attached hydrogen (secondary N) is 1. The third kappa shape index (κ3) is 2.47. The Morgan fingerprint density at radius 3 is 2.96 bits per heavy atom. The number of methoxy groups -OCH3 is 1. The fourth-order valence-electron chi connectivity index (χ4n) is 3.63. The number of nitrogen functional groups attached to an aromatic ring is 1. The van der Waals surface area contributed by atoms with E-state index in [1.807, 2.05) is 30.9 Å². The molecule has 1 aliphatic rings. The van der Waals surface area contributed by atoms with E-state index in [0.717, 1.165) is 36.6 Å². The summed E-state index contributed by atoms with van der Waals surface area (Å²) in [6, 6.07) is 2.04. The second kappa shape index (κ2) is 6.17. The Labute approximate surface area is 150 Å². The van der Waals surface area contributed by atoms with Gasteiger partial charge < -0.3 is 19.9 Å². The summed E-state index contributed by atoms with van der Waals surface area (Å²) in [6.07, 6.45) is 3.06. The molecule has 0 spiro atoms. The van der Waals surface area contributed by atoms with Crippen molar-refractivity contribution in [3.63, 3.8) is 0 Å². The molecule has 9 nitrogen and oxygen atoms in total. The van der Waals surface area contributed by atoms with Crippen molar-refractivity contribution in [1.29, 1.82) is 0 Å². The maximum absolute atomic E-state index is 12.6. The second-order valence-electron chi connectivity index (χ2n) is 6.60. The van der Waals surface area contributed by atoms with Crippen LogP contribution < -0.4 is 16.2 Å². The molecular formula is C17H23N7O2. The average Bonchev–Trinajstić information content (AvgIpc) is 3.34. The Morgan fingerprint density at radius 2 is 2.27 bits per heavy atom. The second-order valence-corrected chi connectivity index (χ2v) is 6.60. The summed E-state index contributed by atoms with van der Waals surface area (Å²) in [5.74, 6) is 1.24. The van der Waals surface area contributed by atoms with E-state index < -0.39 is 0 Å². The standard InChI is InChI=1S/C17H23N7O2/c1-4-23-9-11(15-14(17(23)25)16(18)20-19-15)12-7-13(22(2)21-12)24-6-5-10(8-24)26-3/h7,9-10H,4-6,8H2,1-3H3,(H3,18,19,20). The quantitative estimate of drug-likeness (QED) is 0.720. The molecule has 0 aliphatic carbocycles. The summed E-state index contributed by atoms with van der Waals surface area (Å²) >= 11 is 0. The average molecular weight is 357 g/mol. The van der Waals surface area contributed by atoms with Gasteiger partial charge in [0.2, 0.25) is 0 Å². The highest BCUT2D eigenvalue weighted by Crippen LogP contribution is 2.30. The van der Waals surface area contributed by atoms with Gasteiger partial charge in [0.1, 0.15) is 11.2 Å². The molecule has 0 aromatic carbocycles. The van der Waals surface area contributed by atoms with Gasteiger partial charge in [-0.2, -0.15) is 10.2 Å². The van der Waals surface area contributed by atoms with Crippen molar-refractivity contribution in [2.75, 3.05) is 30.8 Å². The third-order valence-electron chi connectivity index (χ3n) is 5.10. The van der Waals surface area contributed by atoms with E-state index in [1.165, 1.54) is 0 Å².